The zero-order valence-corrected chi connectivity index (χ0v) is 12.4. The fourth-order valence-electron chi connectivity index (χ4n) is 1.24. The molecule has 0 aromatic heterocycles. The summed E-state index contributed by atoms with van der Waals surface area (Å²) in [5.41, 5.74) is 0. The Labute approximate surface area is 118 Å². The van der Waals surface area contributed by atoms with Crippen molar-refractivity contribution >= 4 is 34.0 Å². The van der Waals surface area contributed by atoms with Crippen LogP contribution in [0.1, 0.15) is 0 Å². The zero-order chi connectivity index (χ0) is 13.1. The first kappa shape index (κ1) is 17.6. The Balaban J connectivity index is 0.00000289. The number of likely N-dealkylation sites (N-methyl/N-ethyl adjacent to an activating group) is 2. The summed E-state index contributed by atoms with van der Waals surface area (Å²) in [6, 6.07) is 3.23. The topological polar surface area (TPSA) is 49.4 Å². The molecule has 0 radical (unpaired) electrons. The number of sulfonamides is 1. The van der Waals surface area contributed by atoms with Gasteiger partial charge in [0.2, 0.25) is 10.0 Å². The molecule has 0 aliphatic carbocycles. The van der Waals surface area contributed by atoms with E-state index in [1.807, 2.05) is 0 Å². The summed E-state index contributed by atoms with van der Waals surface area (Å²) in [5, 5.41) is 2.74. The number of benzene rings is 1. The Morgan fingerprint density at radius 3 is 2.56 bits per heavy atom. The third-order valence-electron chi connectivity index (χ3n) is 2.26. The largest absolute Gasteiger partial charge is 0.318 e. The molecule has 104 valence electrons. The van der Waals surface area contributed by atoms with Crippen molar-refractivity contribution in [2.75, 3.05) is 27.2 Å². The van der Waals surface area contributed by atoms with Crippen LogP contribution in [0.4, 0.5) is 4.39 Å². The molecular weight excluding hydrogens is 302 g/mol. The maximum absolute atomic E-state index is 12.8. The van der Waals surface area contributed by atoms with E-state index >= 15 is 0 Å². The second-order valence-electron chi connectivity index (χ2n) is 3.50. The van der Waals surface area contributed by atoms with E-state index in [4.69, 9.17) is 11.6 Å². The van der Waals surface area contributed by atoms with Crippen LogP contribution < -0.4 is 5.32 Å². The number of nitrogens with zero attached hydrogens (tertiary/aromatic N) is 1. The molecule has 1 N–H and O–H groups in total. The summed E-state index contributed by atoms with van der Waals surface area (Å²) in [6.45, 7) is 0.834. The molecule has 0 fully saturated rings. The fourth-order valence-corrected chi connectivity index (χ4v) is 2.91. The smallest absolute Gasteiger partial charge is 0.244 e. The van der Waals surface area contributed by atoms with Crippen LogP contribution >= 0.6 is 24.0 Å². The molecule has 8 heteroatoms. The fraction of sp³-hybridized carbons (Fsp3) is 0.400. The molecule has 0 unspecified atom stereocenters. The van der Waals surface area contributed by atoms with Crippen molar-refractivity contribution in [2.45, 2.75) is 4.90 Å². The van der Waals surface area contributed by atoms with Gasteiger partial charge in [-0.3, -0.25) is 0 Å². The highest BCUT2D eigenvalue weighted by Crippen LogP contribution is 2.24. The van der Waals surface area contributed by atoms with Crippen LogP contribution in [0.3, 0.4) is 0 Å². The van der Waals surface area contributed by atoms with Gasteiger partial charge in [-0.25, -0.2) is 12.8 Å². The van der Waals surface area contributed by atoms with Gasteiger partial charge in [-0.1, -0.05) is 11.6 Å². The first-order valence-corrected chi connectivity index (χ1v) is 6.77. The van der Waals surface area contributed by atoms with Gasteiger partial charge in [0.25, 0.3) is 0 Å². The van der Waals surface area contributed by atoms with E-state index in [1.54, 1.807) is 7.05 Å². The molecule has 0 saturated heterocycles. The van der Waals surface area contributed by atoms with Crippen molar-refractivity contribution in [1.82, 2.24) is 9.62 Å². The Bertz CT molecular complexity index is 497. The van der Waals surface area contributed by atoms with Crippen LogP contribution in [0.25, 0.3) is 0 Å². The second kappa shape index (κ2) is 7.25. The Morgan fingerprint density at radius 2 is 2.06 bits per heavy atom. The van der Waals surface area contributed by atoms with E-state index in [2.05, 4.69) is 5.32 Å². The SMILES string of the molecule is CNCCN(C)S(=O)(=O)c1ccc(F)cc1Cl.Cl. The standard InChI is InChI=1S/C10H14ClFN2O2S.ClH/c1-13-5-6-14(2)17(15,16)10-4-3-8(12)7-9(10)11;/h3-4,7,13H,5-6H2,1-2H3;1H. The highest BCUT2D eigenvalue weighted by atomic mass is 35.5. The average Bonchev–Trinajstić information content (AvgIpc) is 2.25. The van der Waals surface area contributed by atoms with Gasteiger partial charge < -0.3 is 5.32 Å². The van der Waals surface area contributed by atoms with E-state index in [0.29, 0.717) is 13.1 Å². The maximum Gasteiger partial charge on any atom is 0.244 e. The lowest BCUT2D eigenvalue weighted by Crippen LogP contribution is -2.33. The number of nitrogens with one attached hydrogen (secondary N) is 1. The monoisotopic (exact) mass is 316 g/mol. The molecule has 0 heterocycles. The van der Waals surface area contributed by atoms with Crippen LogP contribution in [0, 0.1) is 5.82 Å². The first-order chi connectivity index (χ1) is 7.89. The predicted molar refractivity (Wildman–Crippen MR) is 72.4 cm³/mol. The van der Waals surface area contributed by atoms with Gasteiger partial charge in [0.05, 0.1) is 5.02 Å². The minimum Gasteiger partial charge on any atom is -0.318 e. The lowest BCUT2D eigenvalue weighted by atomic mass is 10.3. The van der Waals surface area contributed by atoms with Gasteiger partial charge in [0.1, 0.15) is 10.7 Å². The molecule has 0 bridgehead atoms. The summed E-state index contributed by atoms with van der Waals surface area (Å²) in [7, 11) is -0.486. The number of rotatable bonds is 5. The minimum atomic E-state index is -3.66. The normalized spacial score (nSPS) is 11.4. The van der Waals surface area contributed by atoms with Crippen molar-refractivity contribution in [1.29, 1.82) is 0 Å². The number of hydrogen-bond acceptors (Lipinski definition) is 3. The zero-order valence-electron chi connectivity index (χ0n) is 9.98. The summed E-state index contributed by atoms with van der Waals surface area (Å²) < 4.78 is 38.1. The number of halogens is 3. The summed E-state index contributed by atoms with van der Waals surface area (Å²) in [5.74, 6) is -0.563. The molecule has 1 aromatic carbocycles. The number of hydrogen-bond donors (Lipinski definition) is 1. The van der Waals surface area contributed by atoms with Crippen molar-refractivity contribution < 1.29 is 12.8 Å². The van der Waals surface area contributed by atoms with Gasteiger partial charge in [-0.15, -0.1) is 12.4 Å². The first-order valence-electron chi connectivity index (χ1n) is 4.95. The van der Waals surface area contributed by atoms with Crippen LogP contribution in [0.2, 0.25) is 5.02 Å². The van der Waals surface area contributed by atoms with E-state index in [0.717, 1.165) is 12.1 Å². The van der Waals surface area contributed by atoms with E-state index in [-0.39, 0.29) is 22.3 Å². The second-order valence-corrected chi connectivity index (χ2v) is 5.93. The van der Waals surface area contributed by atoms with Gasteiger partial charge in [0.15, 0.2) is 0 Å². The Kier molecular flexibility index (Phi) is 7.09. The lowest BCUT2D eigenvalue weighted by Gasteiger charge is -2.17. The van der Waals surface area contributed by atoms with Gasteiger partial charge in [-0.05, 0) is 25.2 Å². The molecule has 1 aromatic rings. The third kappa shape index (κ3) is 4.07. The Hall–Kier alpha value is -0.400. The van der Waals surface area contributed by atoms with Gasteiger partial charge in [-0.2, -0.15) is 4.31 Å². The molecule has 0 aliphatic heterocycles. The molecule has 0 aliphatic rings. The van der Waals surface area contributed by atoms with E-state index in [1.165, 1.54) is 17.4 Å². The molecular formula is C10H15Cl2FN2O2S. The molecule has 0 spiro atoms. The molecule has 1 rings (SSSR count). The van der Waals surface area contributed by atoms with Crippen molar-refractivity contribution in [3.63, 3.8) is 0 Å². The van der Waals surface area contributed by atoms with Crippen molar-refractivity contribution in [3.8, 4) is 0 Å². The molecule has 4 nitrogen and oxygen atoms in total. The van der Waals surface area contributed by atoms with Crippen LogP contribution in [-0.2, 0) is 10.0 Å². The average molecular weight is 317 g/mol. The van der Waals surface area contributed by atoms with Crippen LogP contribution in [0.15, 0.2) is 23.1 Å². The van der Waals surface area contributed by atoms with E-state index < -0.39 is 15.8 Å². The highest BCUT2D eigenvalue weighted by Gasteiger charge is 2.23. The third-order valence-corrected chi connectivity index (χ3v) is 4.60. The quantitative estimate of drug-likeness (QED) is 0.900. The van der Waals surface area contributed by atoms with Gasteiger partial charge >= 0.3 is 0 Å². The predicted octanol–water partition coefficient (Wildman–Crippen LogP) is 1.74. The summed E-state index contributed by atoms with van der Waals surface area (Å²) in [6.07, 6.45) is 0. The molecule has 0 amide bonds. The van der Waals surface area contributed by atoms with Crippen LogP contribution in [0.5, 0.6) is 0 Å². The minimum absolute atomic E-state index is 0. The van der Waals surface area contributed by atoms with Crippen molar-refractivity contribution in [3.05, 3.63) is 29.0 Å². The maximum atomic E-state index is 12.8. The molecule has 0 atom stereocenters. The Morgan fingerprint density at radius 1 is 1.44 bits per heavy atom. The van der Waals surface area contributed by atoms with Crippen LogP contribution in [-0.4, -0.2) is 39.9 Å². The summed E-state index contributed by atoms with van der Waals surface area (Å²) in [4.78, 5) is -0.0841. The van der Waals surface area contributed by atoms with Crippen molar-refractivity contribution in [2.24, 2.45) is 0 Å². The summed E-state index contributed by atoms with van der Waals surface area (Å²) >= 11 is 5.73. The molecule has 18 heavy (non-hydrogen) atoms. The van der Waals surface area contributed by atoms with Gasteiger partial charge in [0, 0.05) is 20.1 Å². The highest BCUT2D eigenvalue weighted by molar-refractivity contribution is 7.89. The van der Waals surface area contributed by atoms with E-state index in [9.17, 15) is 12.8 Å². The lowest BCUT2D eigenvalue weighted by molar-refractivity contribution is 0.466. The molecule has 0 saturated carbocycles.